The van der Waals surface area contributed by atoms with Crippen LogP contribution in [0.15, 0.2) is 56.6 Å². The first-order chi connectivity index (χ1) is 13.2. The summed E-state index contributed by atoms with van der Waals surface area (Å²) in [5.74, 6) is 2.71. The van der Waals surface area contributed by atoms with Gasteiger partial charge < -0.3 is 8.94 Å². The molecule has 4 heterocycles. The molecule has 0 aliphatic rings. The molecule has 0 bridgehead atoms. The molecule has 1 atom stereocenters. The average molecular weight is 400 g/mol. The van der Waals surface area contributed by atoms with Crippen LogP contribution in [-0.2, 0) is 6.54 Å². The van der Waals surface area contributed by atoms with Crippen LogP contribution in [0, 0.1) is 6.92 Å². The number of rotatable bonds is 7. The summed E-state index contributed by atoms with van der Waals surface area (Å²) in [4.78, 5) is 5.50. The van der Waals surface area contributed by atoms with E-state index in [0.29, 0.717) is 18.3 Å². The first-order valence-corrected chi connectivity index (χ1v) is 10.1. The van der Waals surface area contributed by atoms with E-state index in [1.165, 1.54) is 11.8 Å². The van der Waals surface area contributed by atoms with Gasteiger partial charge in [-0.3, -0.25) is 4.57 Å². The second-order valence-corrected chi connectivity index (χ2v) is 8.05. The minimum absolute atomic E-state index is 0.0720. The lowest BCUT2D eigenvalue weighted by atomic mass is 10.2. The third-order valence-electron chi connectivity index (χ3n) is 3.94. The van der Waals surface area contributed by atoms with Crippen LogP contribution in [0.1, 0.15) is 23.8 Å². The molecule has 0 N–H and O–H groups in total. The number of aromatic nitrogens is 5. The highest BCUT2D eigenvalue weighted by atomic mass is 32.2. The second kappa shape index (κ2) is 7.53. The third-order valence-corrected chi connectivity index (χ3v) is 5.88. The summed E-state index contributed by atoms with van der Waals surface area (Å²) >= 11 is 3.09. The van der Waals surface area contributed by atoms with E-state index >= 15 is 0 Å². The van der Waals surface area contributed by atoms with Crippen LogP contribution in [0.3, 0.4) is 0 Å². The molecule has 0 aliphatic heterocycles. The molecule has 0 fully saturated rings. The van der Waals surface area contributed by atoms with Gasteiger partial charge in [-0.05, 0) is 31.4 Å². The van der Waals surface area contributed by atoms with E-state index < -0.39 is 0 Å². The molecule has 9 heteroatoms. The number of hydrogen-bond donors (Lipinski definition) is 0. The Bertz CT molecular complexity index is 1050. The van der Waals surface area contributed by atoms with Crippen LogP contribution in [-0.4, -0.2) is 24.9 Å². The number of furan rings is 1. The van der Waals surface area contributed by atoms with Crippen molar-refractivity contribution in [1.82, 2.24) is 24.9 Å². The van der Waals surface area contributed by atoms with Crippen molar-refractivity contribution >= 4 is 23.1 Å². The van der Waals surface area contributed by atoms with Crippen LogP contribution < -0.4 is 0 Å². The first-order valence-electron chi connectivity index (χ1n) is 8.30. The van der Waals surface area contributed by atoms with Crippen molar-refractivity contribution < 1.29 is 8.94 Å². The summed E-state index contributed by atoms with van der Waals surface area (Å²) in [6.07, 6.45) is 3.47. The van der Waals surface area contributed by atoms with Crippen LogP contribution in [0.5, 0.6) is 0 Å². The van der Waals surface area contributed by atoms with E-state index in [9.17, 15) is 0 Å². The van der Waals surface area contributed by atoms with Crippen molar-refractivity contribution in [3.63, 3.8) is 0 Å². The van der Waals surface area contributed by atoms with Gasteiger partial charge in [-0.1, -0.05) is 29.1 Å². The minimum atomic E-state index is -0.0720. The maximum absolute atomic E-state index is 5.45. The zero-order valence-electron chi connectivity index (χ0n) is 14.8. The maximum atomic E-state index is 5.45. The van der Waals surface area contributed by atoms with Crippen LogP contribution in [0.4, 0.5) is 0 Å². The van der Waals surface area contributed by atoms with Gasteiger partial charge in [-0.25, -0.2) is 0 Å². The summed E-state index contributed by atoms with van der Waals surface area (Å²) in [7, 11) is 0. The Morgan fingerprint density at radius 1 is 1.37 bits per heavy atom. The molecule has 0 radical (unpaired) electrons. The van der Waals surface area contributed by atoms with Crippen molar-refractivity contribution in [2.24, 2.45) is 0 Å². The molecule has 4 aromatic rings. The maximum Gasteiger partial charge on any atom is 0.240 e. The molecule has 4 rings (SSSR count). The molecule has 27 heavy (non-hydrogen) atoms. The monoisotopic (exact) mass is 399 g/mol. The van der Waals surface area contributed by atoms with Gasteiger partial charge in [-0.15, -0.1) is 28.1 Å². The Hall–Kier alpha value is -2.65. The standard InChI is InChI=1S/C18H17N5O2S2/c1-4-8-23-16(13-7-9-24-11(13)2)20-21-18(23)27-12(3)17-19-15(22-25-17)14-6-5-10-26-14/h4-7,9-10,12H,1,8H2,2-3H3. The van der Waals surface area contributed by atoms with Gasteiger partial charge in [0.2, 0.25) is 11.7 Å². The molecular weight excluding hydrogens is 382 g/mol. The van der Waals surface area contributed by atoms with Gasteiger partial charge in [0.25, 0.3) is 0 Å². The Morgan fingerprint density at radius 3 is 2.96 bits per heavy atom. The highest BCUT2D eigenvalue weighted by Gasteiger charge is 2.22. The fourth-order valence-electron chi connectivity index (χ4n) is 2.60. The predicted octanol–water partition coefficient (Wildman–Crippen LogP) is 5.00. The molecular formula is C18H17N5O2S2. The number of thioether (sulfide) groups is 1. The number of thiophene rings is 1. The molecule has 0 aliphatic carbocycles. The summed E-state index contributed by atoms with van der Waals surface area (Å²) in [6, 6.07) is 5.82. The average Bonchev–Trinajstić information content (AvgIpc) is 3.42. The number of allylic oxidation sites excluding steroid dienone is 1. The second-order valence-electron chi connectivity index (χ2n) is 5.79. The summed E-state index contributed by atoms with van der Waals surface area (Å²) in [5, 5.41) is 15.5. The smallest absolute Gasteiger partial charge is 0.240 e. The zero-order valence-corrected chi connectivity index (χ0v) is 16.5. The van der Waals surface area contributed by atoms with Gasteiger partial charge in [0, 0.05) is 6.54 Å². The Kier molecular flexibility index (Phi) is 4.95. The van der Waals surface area contributed by atoms with E-state index in [-0.39, 0.29) is 5.25 Å². The zero-order chi connectivity index (χ0) is 18.8. The normalized spacial score (nSPS) is 12.4. The van der Waals surface area contributed by atoms with Crippen LogP contribution in [0.2, 0.25) is 0 Å². The molecule has 0 saturated carbocycles. The lowest BCUT2D eigenvalue weighted by Gasteiger charge is -2.09. The summed E-state index contributed by atoms with van der Waals surface area (Å²) in [6.45, 7) is 8.34. The van der Waals surface area contributed by atoms with Crippen molar-refractivity contribution in [3.05, 3.63) is 54.1 Å². The van der Waals surface area contributed by atoms with Gasteiger partial charge in [0.05, 0.1) is 22.0 Å². The molecule has 0 aromatic carbocycles. The molecule has 0 saturated heterocycles. The molecule has 138 valence electrons. The third kappa shape index (κ3) is 3.47. The Morgan fingerprint density at radius 2 is 2.26 bits per heavy atom. The number of nitrogens with zero attached hydrogens (tertiary/aromatic N) is 5. The van der Waals surface area contributed by atoms with Crippen LogP contribution >= 0.6 is 23.1 Å². The lowest BCUT2D eigenvalue weighted by Crippen LogP contribution is -2.02. The number of aryl methyl sites for hydroxylation is 1. The SMILES string of the molecule is C=CCn1c(SC(C)c2nc(-c3cccs3)no2)nnc1-c1ccoc1C. The minimum Gasteiger partial charge on any atom is -0.469 e. The number of hydrogen-bond acceptors (Lipinski definition) is 8. The molecule has 0 spiro atoms. The van der Waals surface area contributed by atoms with E-state index in [1.807, 2.05) is 48.1 Å². The fraction of sp³-hybridized carbons (Fsp3) is 0.222. The first kappa shape index (κ1) is 17.7. The van der Waals surface area contributed by atoms with Crippen LogP contribution in [0.25, 0.3) is 22.1 Å². The summed E-state index contributed by atoms with van der Waals surface area (Å²) in [5.41, 5.74) is 0.918. The van der Waals surface area contributed by atoms with Crippen molar-refractivity contribution in [1.29, 1.82) is 0 Å². The molecule has 1 unspecified atom stereocenters. The topological polar surface area (TPSA) is 82.8 Å². The molecule has 7 nitrogen and oxygen atoms in total. The Balaban J connectivity index is 1.60. The predicted molar refractivity (Wildman–Crippen MR) is 105 cm³/mol. The summed E-state index contributed by atoms with van der Waals surface area (Å²) < 4.78 is 12.9. The largest absolute Gasteiger partial charge is 0.469 e. The van der Waals surface area contributed by atoms with E-state index in [0.717, 1.165) is 27.2 Å². The van der Waals surface area contributed by atoms with Gasteiger partial charge in [0.1, 0.15) is 5.76 Å². The quantitative estimate of drug-likeness (QED) is 0.319. The van der Waals surface area contributed by atoms with Crippen molar-refractivity contribution in [3.8, 4) is 22.1 Å². The molecule has 4 aromatic heterocycles. The van der Waals surface area contributed by atoms with Crippen molar-refractivity contribution in [2.45, 2.75) is 30.8 Å². The van der Waals surface area contributed by atoms with Gasteiger partial charge in [-0.2, -0.15) is 4.98 Å². The van der Waals surface area contributed by atoms with Gasteiger partial charge >= 0.3 is 0 Å². The van der Waals surface area contributed by atoms with Crippen molar-refractivity contribution in [2.75, 3.05) is 0 Å². The highest BCUT2D eigenvalue weighted by Crippen LogP contribution is 2.36. The molecule has 0 amide bonds. The van der Waals surface area contributed by atoms with E-state index in [4.69, 9.17) is 8.94 Å². The van der Waals surface area contributed by atoms with E-state index in [2.05, 4.69) is 26.9 Å². The fourth-order valence-corrected chi connectivity index (χ4v) is 4.14. The van der Waals surface area contributed by atoms with E-state index in [1.54, 1.807) is 17.6 Å². The lowest BCUT2D eigenvalue weighted by molar-refractivity contribution is 0.380. The van der Waals surface area contributed by atoms with Gasteiger partial charge in [0.15, 0.2) is 11.0 Å². The Labute approximate surface area is 164 Å². The highest BCUT2D eigenvalue weighted by molar-refractivity contribution is 7.99.